The molecule has 0 aliphatic rings. The van der Waals surface area contributed by atoms with Gasteiger partial charge < -0.3 is 5.43 Å². The summed E-state index contributed by atoms with van der Waals surface area (Å²) in [6.45, 7) is 2.06. The Hall–Kier alpha value is -1.56. The van der Waals surface area contributed by atoms with E-state index in [1.165, 1.54) is 6.07 Å². The average molecular weight is 170 g/mol. The molecule has 0 saturated heterocycles. The molecule has 6 heteroatoms. The second-order valence-electron chi connectivity index (χ2n) is 2.21. The van der Waals surface area contributed by atoms with Gasteiger partial charge in [-0.1, -0.05) is 0 Å². The summed E-state index contributed by atoms with van der Waals surface area (Å²) < 4.78 is 1.07. The molecule has 0 amide bonds. The molecule has 0 radical (unpaired) electrons. The maximum Gasteiger partial charge on any atom is 0.329 e. The summed E-state index contributed by atoms with van der Waals surface area (Å²) in [6, 6.07) is 1.23. The van der Waals surface area contributed by atoms with Crippen LogP contribution < -0.4 is 22.5 Å². The highest BCUT2D eigenvalue weighted by atomic mass is 16.2. The monoisotopic (exact) mass is 170 g/mol. The number of aromatic nitrogens is 2. The van der Waals surface area contributed by atoms with Crippen LogP contribution in [0.4, 0.5) is 5.82 Å². The van der Waals surface area contributed by atoms with Crippen molar-refractivity contribution in [3.8, 4) is 0 Å². The van der Waals surface area contributed by atoms with Crippen molar-refractivity contribution in [2.75, 3.05) is 5.43 Å². The van der Waals surface area contributed by atoms with E-state index in [9.17, 15) is 9.59 Å². The third-order valence-corrected chi connectivity index (χ3v) is 1.49. The molecular formula is C6H10N4O2. The highest BCUT2D eigenvalue weighted by Gasteiger charge is 1.99. The molecule has 4 N–H and O–H groups in total. The molecule has 1 aromatic heterocycles. The Bertz CT molecular complexity index is 347. The second-order valence-corrected chi connectivity index (χ2v) is 2.21. The van der Waals surface area contributed by atoms with E-state index >= 15 is 0 Å². The minimum atomic E-state index is -0.460. The van der Waals surface area contributed by atoms with Crippen LogP contribution in [0.5, 0.6) is 0 Å². The van der Waals surface area contributed by atoms with E-state index in [0.717, 1.165) is 4.57 Å². The van der Waals surface area contributed by atoms with Crippen LogP contribution in [0.25, 0.3) is 0 Å². The number of anilines is 1. The molecule has 6 nitrogen and oxygen atoms in total. The lowest BCUT2D eigenvalue weighted by atomic mass is 10.5. The van der Waals surface area contributed by atoms with Gasteiger partial charge in [0, 0.05) is 12.6 Å². The maximum atomic E-state index is 11.1. The van der Waals surface area contributed by atoms with Gasteiger partial charge in [0.25, 0.3) is 5.56 Å². The predicted molar refractivity (Wildman–Crippen MR) is 44.8 cm³/mol. The lowest BCUT2D eigenvalue weighted by Gasteiger charge is -2.01. The Morgan fingerprint density at radius 1 is 1.67 bits per heavy atom. The molecule has 66 valence electrons. The zero-order valence-electron chi connectivity index (χ0n) is 6.63. The van der Waals surface area contributed by atoms with Crippen molar-refractivity contribution in [2.24, 2.45) is 5.84 Å². The highest BCUT2D eigenvalue weighted by Crippen LogP contribution is 1.87. The van der Waals surface area contributed by atoms with Crippen molar-refractivity contribution in [3.05, 3.63) is 26.9 Å². The van der Waals surface area contributed by atoms with E-state index in [2.05, 4.69) is 10.4 Å². The Morgan fingerprint density at radius 2 is 2.33 bits per heavy atom. The molecule has 1 heterocycles. The summed E-state index contributed by atoms with van der Waals surface area (Å²) in [6.07, 6.45) is 0. The van der Waals surface area contributed by atoms with Crippen LogP contribution in [0.15, 0.2) is 15.7 Å². The SMILES string of the molecule is CCn1c(=O)cc(NN)[nH]c1=O. The van der Waals surface area contributed by atoms with E-state index in [-0.39, 0.29) is 11.4 Å². The summed E-state index contributed by atoms with van der Waals surface area (Å²) in [5.74, 6) is 5.23. The van der Waals surface area contributed by atoms with Crippen molar-refractivity contribution in [1.29, 1.82) is 0 Å². The van der Waals surface area contributed by atoms with E-state index < -0.39 is 5.69 Å². The molecule has 0 unspecified atom stereocenters. The van der Waals surface area contributed by atoms with Crippen LogP contribution in [0.2, 0.25) is 0 Å². The fourth-order valence-electron chi connectivity index (χ4n) is 0.897. The third kappa shape index (κ3) is 1.37. The summed E-state index contributed by atoms with van der Waals surface area (Å²) in [7, 11) is 0. The number of nitrogens with zero attached hydrogens (tertiary/aromatic N) is 1. The number of nitrogens with one attached hydrogen (secondary N) is 2. The van der Waals surface area contributed by atoms with Crippen LogP contribution in [0.3, 0.4) is 0 Å². The summed E-state index contributed by atoms with van der Waals surface area (Å²) in [4.78, 5) is 24.5. The number of hydrogen-bond donors (Lipinski definition) is 3. The van der Waals surface area contributed by atoms with Crippen molar-refractivity contribution in [1.82, 2.24) is 9.55 Å². The van der Waals surface area contributed by atoms with Crippen LogP contribution >= 0.6 is 0 Å². The maximum absolute atomic E-state index is 11.1. The first-order chi connectivity index (χ1) is 5.69. The van der Waals surface area contributed by atoms with Crippen molar-refractivity contribution in [3.63, 3.8) is 0 Å². The quantitative estimate of drug-likeness (QED) is 0.385. The number of H-pyrrole nitrogens is 1. The number of hydrogen-bond acceptors (Lipinski definition) is 4. The van der Waals surface area contributed by atoms with Crippen LogP contribution in [0, 0.1) is 0 Å². The molecule has 12 heavy (non-hydrogen) atoms. The second kappa shape index (κ2) is 3.22. The van der Waals surface area contributed by atoms with E-state index in [0.29, 0.717) is 6.54 Å². The van der Waals surface area contributed by atoms with Gasteiger partial charge in [0.1, 0.15) is 5.82 Å². The zero-order valence-corrected chi connectivity index (χ0v) is 6.63. The molecule has 1 rings (SSSR count). The van der Waals surface area contributed by atoms with Crippen LogP contribution in [0.1, 0.15) is 6.92 Å². The first-order valence-corrected chi connectivity index (χ1v) is 3.49. The molecule has 0 bridgehead atoms. The first-order valence-electron chi connectivity index (χ1n) is 3.49. The fourth-order valence-corrected chi connectivity index (χ4v) is 0.897. The molecule has 0 aliphatic carbocycles. The number of nitrogen functional groups attached to an aromatic ring is 1. The van der Waals surface area contributed by atoms with E-state index in [1.807, 2.05) is 0 Å². The topological polar surface area (TPSA) is 92.9 Å². The van der Waals surface area contributed by atoms with Gasteiger partial charge in [0.05, 0.1) is 0 Å². The normalized spacial score (nSPS) is 9.83. The van der Waals surface area contributed by atoms with Gasteiger partial charge in [-0.15, -0.1) is 0 Å². The minimum absolute atomic E-state index is 0.217. The van der Waals surface area contributed by atoms with Gasteiger partial charge in [0.15, 0.2) is 0 Å². The van der Waals surface area contributed by atoms with Crippen LogP contribution in [-0.4, -0.2) is 9.55 Å². The highest BCUT2D eigenvalue weighted by molar-refractivity contribution is 5.29. The van der Waals surface area contributed by atoms with Gasteiger partial charge >= 0.3 is 5.69 Å². The largest absolute Gasteiger partial charge is 0.329 e. The number of aromatic amines is 1. The summed E-state index contributed by atoms with van der Waals surface area (Å²) in [5.41, 5.74) is 1.36. The van der Waals surface area contributed by atoms with Gasteiger partial charge in [-0.2, -0.15) is 0 Å². The minimum Gasteiger partial charge on any atom is -0.310 e. The van der Waals surface area contributed by atoms with Crippen molar-refractivity contribution in [2.45, 2.75) is 13.5 Å². The fraction of sp³-hybridized carbons (Fsp3) is 0.333. The molecular weight excluding hydrogens is 160 g/mol. The molecule has 0 spiro atoms. The molecule has 0 saturated carbocycles. The first kappa shape index (κ1) is 8.54. The van der Waals surface area contributed by atoms with Gasteiger partial charge in [-0.25, -0.2) is 10.6 Å². The van der Waals surface area contributed by atoms with Crippen LogP contribution in [-0.2, 0) is 6.54 Å². The van der Waals surface area contributed by atoms with E-state index in [1.54, 1.807) is 6.92 Å². The average Bonchev–Trinajstić information content (AvgIpc) is 2.03. The summed E-state index contributed by atoms with van der Waals surface area (Å²) in [5, 5.41) is 0. The van der Waals surface area contributed by atoms with E-state index in [4.69, 9.17) is 5.84 Å². The standard InChI is InChI=1S/C6H10N4O2/c1-2-10-5(11)3-4(9-7)8-6(10)12/h3,9H,2,7H2,1H3,(H,8,12). The molecule has 0 fully saturated rings. The van der Waals surface area contributed by atoms with Gasteiger partial charge in [-0.3, -0.25) is 14.3 Å². The Balaban J connectivity index is 3.39. The number of nitrogens with two attached hydrogens (primary N) is 1. The molecule has 0 aromatic carbocycles. The molecule has 1 aromatic rings. The summed E-state index contributed by atoms with van der Waals surface area (Å²) >= 11 is 0. The lowest BCUT2D eigenvalue weighted by Crippen LogP contribution is -2.35. The van der Waals surface area contributed by atoms with Gasteiger partial charge in [0.2, 0.25) is 0 Å². The van der Waals surface area contributed by atoms with Crippen molar-refractivity contribution >= 4 is 5.82 Å². The van der Waals surface area contributed by atoms with Gasteiger partial charge in [-0.05, 0) is 6.92 Å². The lowest BCUT2D eigenvalue weighted by molar-refractivity contribution is 0.674. The Kier molecular flexibility index (Phi) is 2.29. The predicted octanol–water partition coefficient (Wildman–Crippen LogP) is -1.16. The third-order valence-electron chi connectivity index (χ3n) is 1.49. The smallest absolute Gasteiger partial charge is 0.310 e. The number of hydrazine groups is 1. The number of rotatable bonds is 2. The molecule has 0 aliphatic heterocycles. The Morgan fingerprint density at radius 3 is 2.75 bits per heavy atom. The van der Waals surface area contributed by atoms with Crippen molar-refractivity contribution < 1.29 is 0 Å². The Labute approximate surface area is 68.0 Å². The molecule has 0 atom stereocenters. The zero-order chi connectivity index (χ0) is 9.14.